The second-order valence-corrected chi connectivity index (χ2v) is 8.57. The Labute approximate surface area is 210 Å². The van der Waals surface area contributed by atoms with E-state index in [1.165, 1.54) is 4.90 Å². The van der Waals surface area contributed by atoms with Crippen molar-refractivity contribution in [3.63, 3.8) is 0 Å². The zero-order valence-corrected chi connectivity index (χ0v) is 20.8. The fourth-order valence-electron chi connectivity index (χ4n) is 4.40. The molecule has 1 aliphatic rings. The van der Waals surface area contributed by atoms with Gasteiger partial charge in [-0.15, -0.1) is 0 Å². The smallest absolute Gasteiger partial charge is 0.295 e. The maximum Gasteiger partial charge on any atom is 0.295 e. The number of likely N-dealkylation sites (tertiary alicyclic amines) is 1. The average Bonchev–Trinajstić information content (AvgIpc) is 3.16. The summed E-state index contributed by atoms with van der Waals surface area (Å²) in [5, 5.41) is 11.2. The highest BCUT2D eigenvalue weighted by Gasteiger charge is 2.45. The molecule has 1 amide bonds. The fourth-order valence-corrected chi connectivity index (χ4v) is 4.40. The fraction of sp³-hybridized carbons (Fsp3) is 0.241. The molecule has 0 saturated carbocycles. The van der Waals surface area contributed by atoms with E-state index in [1.54, 1.807) is 63.8 Å². The van der Waals surface area contributed by atoms with Crippen LogP contribution in [-0.4, -0.2) is 49.6 Å². The number of hydrogen-bond donors (Lipinski definition) is 1. The lowest BCUT2D eigenvalue weighted by atomic mass is 9.95. The minimum Gasteiger partial charge on any atom is -0.507 e. The molecule has 1 fully saturated rings. The van der Waals surface area contributed by atoms with E-state index >= 15 is 0 Å². The van der Waals surface area contributed by atoms with Gasteiger partial charge < -0.3 is 24.2 Å². The Balaban J connectivity index is 1.74. The number of ketones is 1. The first-order valence-corrected chi connectivity index (χ1v) is 11.6. The zero-order chi connectivity index (χ0) is 25.8. The first-order valence-electron chi connectivity index (χ1n) is 11.6. The Morgan fingerprint density at radius 1 is 0.861 bits per heavy atom. The second-order valence-electron chi connectivity index (χ2n) is 8.57. The van der Waals surface area contributed by atoms with E-state index in [-0.39, 0.29) is 17.9 Å². The van der Waals surface area contributed by atoms with Gasteiger partial charge in [0, 0.05) is 12.1 Å². The number of amides is 1. The molecule has 1 heterocycles. The zero-order valence-electron chi connectivity index (χ0n) is 20.8. The summed E-state index contributed by atoms with van der Waals surface area (Å²) in [5.41, 5.74) is 3.20. The summed E-state index contributed by atoms with van der Waals surface area (Å²) in [7, 11) is 4.70. The van der Waals surface area contributed by atoms with Gasteiger partial charge in [-0.25, -0.2) is 0 Å². The summed E-state index contributed by atoms with van der Waals surface area (Å²) >= 11 is 0. The number of rotatable bonds is 8. The monoisotopic (exact) mass is 487 g/mol. The summed E-state index contributed by atoms with van der Waals surface area (Å²) in [6.45, 7) is 2.20. The molecule has 1 atom stereocenters. The first kappa shape index (κ1) is 24.9. The van der Waals surface area contributed by atoms with Crippen LogP contribution in [0.25, 0.3) is 5.76 Å². The van der Waals surface area contributed by atoms with Crippen LogP contribution in [0.3, 0.4) is 0 Å². The van der Waals surface area contributed by atoms with Crippen molar-refractivity contribution in [1.29, 1.82) is 0 Å². The van der Waals surface area contributed by atoms with Crippen LogP contribution in [0.1, 0.15) is 28.3 Å². The van der Waals surface area contributed by atoms with Crippen LogP contribution in [-0.2, 0) is 16.0 Å². The maximum atomic E-state index is 13.2. The summed E-state index contributed by atoms with van der Waals surface area (Å²) in [6.07, 6.45) is 0.477. The van der Waals surface area contributed by atoms with E-state index in [4.69, 9.17) is 14.2 Å². The van der Waals surface area contributed by atoms with E-state index in [9.17, 15) is 14.7 Å². The highest BCUT2D eigenvalue weighted by molar-refractivity contribution is 6.46. The van der Waals surface area contributed by atoms with Crippen molar-refractivity contribution in [2.24, 2.45) is 0 Å². The number of methoxy groups -OCH3 is 3. The van der Waals surface area contributed by atoms with Crippen molar-refractivity contribution >= 4 is 17.4 Å². The van der Waals surface area contributed by atoms with Gasteiger partial charge in [0.2, 0.25) is 0 Å². The molecule has 186 valence electrons. The standard InChI is InChI=1S/C29H29NO6/c1-18-5-8-21(9-6-18)27(31)25-26(20-10-12-22(34-2)13-11-20)30(29(33)28(25)32)16-15-19-7-14-23(35-3)24(17-19)36-4/h5-14,17,26,31H,15-16H2,1-4H3/b27-25+. The Morgan fingerprint density at radius 2 is 1.53 bits per heavy atom. The summed E-state index contributed by atoms with van der Waals surface area (Å²) in [5.74, 6) is 0.301. The number of carbonyl (C=O) groups excluding carboxylic acids is 2. The minimum atomic E-state index is -0.739. The SMILES string of the molecule is COc1ccc(C2/C(=C(\O)c3ccc(C)cc3)C(=O)C(=O)N2CCc2ccc(OC)c(OC)c2)cc1. The van der Waals surface area contributed by atoms with Crippen molar-refractivity contribution in [1.82, 2.24) is 4.90 Å². The molecule has 4 rings (SSSR count). The highest BCUT2D eigenvalue weighted by Crippen LogP contribution is 2.40. The number of aliphatic hydroxyl groups excluding tert-OH is 1. The van der Waals surface area contributed by atoms with E-state index in [0.29, 0.717) is 34.8 Å². The lowest BCUT2D eigenvalue weighted by Crippen LogP contribution is -2.31. The minimum absolute atomic E-state index is 0.0707. The van der Waals surface area contributed by atoms with Crippen LogP contribution in [0.5, 0.6) is 17.2 Å². The van der Waals surface area contributed by atoms with Crippen LogP contribution in [0.4, 0.5) is 0 Å². The van der Waals surface area contributed by atoms with Crippen LogP contribution < -0.4 is 14.2 Å². The Bertz CT molecular complexity index is 1290. The predicted molar refractivity (Wildman–Crippen MR) is 136 cm³/mol. The Morgan fingerprint density at radius 3 is 2.14 bits per heavy atom. The van der Waals surface area contributed by atoms with E-state index in [1.807, 2.05) is 31.2 Å². The maximum absolute atomic E-state index is 13.2. The van der Waals surface area contributed by atoms with Crippen LogP contribution in [0.2, 0.25) is 0 Å². The van der Waals surface area contributed by atoms with E-state index < -0.39 is 17.7 Å². The van der Waals surface area contributed by atoms with Crippen molar-refractivity contribution < 1.29 is 28.9 Å². The Hall–Kier alpha value is -4.26. The van der Waals surface area contributed by atoms with Gasteiger partial charge in [-0.05, 0) is 48.7 Å². The molecule has 1 unspecified atom stereocenters. The van der Waals surface area contributed by atoms with Gasteiger partial charge in [0.1, 0.15) is 11.5 Å². The van der Waals surface area contributed by atoms with Crippen molar-refractivity contribution in [2.75, 3.05) is 27.9 Å². The van der Waals surface area contributed by atoms with Crippen molar-refractivity contribution in [3.05, 3.63) is 94.6 Å². The number of ether oxygens (including phenoxy) is 3. The molecule has 1 N–H and O–H groups in total. The molecular formula is C29H29NO6. The summed E-state index contributed by atoms with van der Waals surface area (Å²) in [4.78, 5) is 28.0. The van der Waals surface area contributed by atoms with E-state index in [0.717, 1.165) is 11.1 Å². The molecule has 1 saturated heterocycles. The van der Waals surface area contributed by atoms with Gasteiger partial charge in [-0.2, -0.15) is 0 Å². The lowest BCUT2D eigenvalue weighted by Gasteiger charge is -2.25. The van der Waals surface area contributed by atoms with Crippen LogP contribution in [0.15, 0.2) is 72.3 Å². The summed E-state index contributed by atoms with van der Waals surface area (Å²) < 4.78 is 16.0. The number of aliphatic hydroxyl groups is 1. The van der Waals surface area contributed by atoms with Crippen LogP contribution >= 0.6 is 0 Å². The molecule has 7 heteroatoms. The third kappa shape index (κ3) is 4.77. The third-order valence-corrected chi connectivity index (χ3v) is 6.39. The first-order chi connectivity index (χ1) is 17.4. The number of hydrogen-bond acceptors (Lipinski definition) is 6. The van der Waals surface area contributed by atoms with Gasteiger partial charge in [-0.3, -0.25) is 9.59 Å². The predicted octanol–water partition coefficient (Wildman–Crippen LogP) is 4.69. The molecule has 3 aromatic carbocycles. The highest BCUT2D eigenvalue weighted by atomic mass is 16.5. The molecule has 0 aromatic heterocycles. The van der Waals surface area contributed by atoms with Gasteiger partial charge in [-0.1, -0.05) is 48.0 Å². The Kier molecular flexibility index (Phi) is 7.29. The van der Waals surface area contributed by atoms with Gasteiger partial charge in [0.05, 0.1) is 32.9 Å². The lowest BCUT2D eigenvalue weighted by molar-refractivity contribution is -0.139. The third-order valence-electron chi connectivity index (χ3n) is 6.39. The van der Waals surface area contributed by atoms with Crippen molar-refractivity contribution in [3.8, 4) is 17.2 Å². The van der Waals surface area contributed by atoms with Crippen LogP contribution in [0, 0.1) is 6.92 Å². The molecule has 36 heavy (non-hydrogen) atoms. The average molecular weight is 488 g/mol. The van der Waals surface area contributed by atoms with E-state index in [2.05, 4.69) is 0 Å². The normalized spacial score (nSPS) is 16.8. The molecule has 0 bridgehead atoms. The number of Topliss-reactive ketones (excluding diaryl/α,β-unsaturated/α-hetero) is 1. The molecular weight excluding hydrogens is 458 g/mol. The van der Waals surface area contributed by atoms with Gasteiger partial charge in [0.25, 0.3) is 11.7 Å². The number of carbonyl (C=O) groups is 2. The van der Waals surface area contributed by atoms with Gasteiger partial charge in [0.15, 0.2) is 11.5 Å². The number of benzene rings is 3. The van der Waals surface area contributed by atoms with Gasteiger partial charge >= 0.3 is 0 Å². The molecule has 0 radical (unpaired) electrons. The molecule has 3 aromatic rings. The summed E-state index contributed by atoms with van der Waals surface area (Å²) in [6, 6.07) is 19.2. The molecule has 0 spiro atoms. The molecule has 0 aliphatic carbocycles. The second kappa shape index (κ2) is 10.6. The quantitative estimate of drug-likeness (QED) is 0.282. The number of aryl methyl sites for hydroxylation is 1. The topological polar surface area (TPSA) is 85.3 Å². The largest absolute Gasteiger partial charge is 0.507 e. The van der Waals surface area contributed by atoms with Crippen molar-refractivity contribution in [2.45, 2.75) is 19.4 Å². The molecule has 1 aliphatic heterocycles. The number of nitrogens with zero attached hydrogens (tertiary/aromatic N) is 1. The molecule has 7 nitrogen and oxygen atoms in total.